The number of aliphatic hydroxyl groups is 1. The Kier molecular flexibility index (Phi) is 4.19. The van der Waals surface area contributed by atoms with Crippen molar-refractivity contribution in [2.24, 2.45) is 0 Å². The number of para-hydroxylation sites is 1. The third-order valence-electron chi connectivity index (χ3n) is 5.53. The zero-order valence-electron chi connectivity index (χ0n) is 16.5. The third kappa shape index (κ3) is 3.00. The van der Waals surface area contributed by atoms with Crippen LogP contribution in [-0.2, 0) is 16.8 Å². The number of rotatable bonds is 3. The van der Waals surface area contributed by atoms with Gasteiger partial charge in [-0.05, 0) is 42.8 Å². The van der Waals surface area contributed by atoms with E-state index in [0.29, 0.717) is 34.4 Å². The minimum absolute atomic E-state index is 0.216. The van der Waals surface area contributed by atoms with Crippen molar-refractivity contribution in [1.82, 2.24) is 15.2 Å². The molecule has 0 saturated heterocycles. The molecule has 3 heterocycles. The second-order valence-electron chi connectivity index (χ2n) is 7.65. The molecule has 1 aliphatic heterocycles. The zero-order chi connectivity index (χ0) is 21.8. The fourth-order valence-electron chi connectivity index (χ4n) is 3.99. The summed E-state index contributed by atoms with van der Waals surface area (Å²) in [5.74, 6) is -0.965. The second kappa shape index (κ2) is 6.82. The van der Waals surface area contributed by atoms with Gasteiger partial charge in [0.2, 0.25) is 0 Å². The molecule has 2 aromatic heterocycles. The number of nitrogens with zero attached hydrogens (tertiary/aromatic N) is 3. The van der Waals surface area contributed by atoms with Crippen LogP contribution in [0.15, 0.2) is 65.7 Å². The molecule has 7 nitrogen and oxygen atoms in total. The van der Waals surface area contributed by atoms with Crippen molar-refractivity contribution >= 4 is 28.1 Å². The van der Waals surface area contributed by atoms with Gasteiger partial charge in [-0.1, -0.05) is 18.2 Å². The largest absolute Gasteiger partial charge is 0.375 e. The number of pyridine rings is 1. The van der Waals surface area contributed by atoms with Gasteiger partial charge < -0.3 is 5.11 Å². The number of amides is 1. The number of nitrogens with one attached hydrogen (secondary N) is 1. The first-order valence-corrected chi connectivity index (χ1v) is 9.63. The van der Waals surface area contributed by atoms with E-state index in [1.54, 1.807) is 42.7 Å². The van der Waals surface area contributed by atoms with Crippen LogP contribution >= 0.6 is 0 Å². The second-order valence-corrected chi connectivity index (χ2v) is 7.65. The molecule has 1 aliphatic rings. The van der Waals surface area contributed by atoms with Crippen LogP contribution in [0.1, 0.15) is 23.7 Å². The Morgan fingerprint density at radius 3 is 2.74 bits per heavy atom. The van der Waals surface area contributed by atoms with Gasteiger partial charge in [0.1, 0.15) is 5.82 Å². The highest BCUT2D eigenvalue weighted by molar-refractivity contribution is 6.11. The molecular weight excluding hydrogens is 399 g/mol. The average Bonchev–Trinajstić information content (AvgIpc) is 2.96. The van der Waals surface area contributed by atoms with Crippen LogP contribution in [0.3, 0.4) is 0 Å². The number of carbonyl (C=O) groups excluding carboxylic acids is 1. The van der Waals surface area contributed by atoms with Crippen molar-refractivity contribution in [3.05, 3.63) is 93.9 Å². The molecule has 0 bridgehead atoms. The van der Waals surface area contributed by atoms with Crippen molar-refractivity contribution in [2.45, 2.75) is 18.9 Å². The molecule has 4 aromatic rings. The lowest BCUT2D eigenvalue weighted by atomic mass is 9.98. The Morgan fingerprint density at radius 1 is 1.10 bits per heavy atom. The molecule has 2 N–H and O–H groups in total. The van der Waals surface area contributed by atoms with Gasteiger partial charge in [0.25, 0.3) is 11.5 Å². The summed E-state index contributed by atoms with van der Waals surface area (Å²) in [6.45, 7) is 1.47. The summed E-state index contributed by atoms with van der Waals surface area (Å²) >= 11 is 0. The first-order chi connectivity index (χ1) is 14.9. The lowest BCUT2D eigenvalue weighted by Gasteiger charge is -2.20. The molecule has 2 aromatic carbocycles. The first-order valence-electron chi connectivity index (χ1n) is 9.63. The molecular formula is C23H17FN4O3. The summed E-state index contributed by atoms with van der Waals surface area (Å²) in [5.41, 5.74) is 0.820. The van der Waals surface area contributed by atoms with Crippen LogP contribution in [0.2, 0.25) is 0 Å². The summed E-state index contributed by atoms with van der Waals surface area (Å²) in [6, 6.07) is 12.8. The average molecular weight is 416 g/mol. The molecule has 0 spiro atoms. The Hall–Kier alpha value is -3.91. The van der Waals surface area contributed by atoms with Gasteiger partial charge in [-0.15, -0.1) is 0 Å². The normalized spacial score (nSPS) is 17.9. The maximum Gasteiger partial charge on any atom is 0.272 e. The number of aromatic amines is 1. The SMILES string of the molecule is CC1(O)C(=O)N(c2cncc(Cc3n[nH]c(=O)c4cc(F)ccc34)c2)c2ccccc21. The minimum Gasteiger partial charge on any atom is -0.375 e. The number of halogens is 1. The van der Waals surface area contributed by atoms with E-state index in [1.807, 2.05) is 0 Å². The van der Waals surface area contributed by atoms with E-state index in [0.717, 1.165) is 5.56 Å². The van der Waals surface area contributed by atoms with E-state index in [9.17, 15) is 19.1 Å². The van der Waals surface area contributed by atoms with E-state index < -0.39 is 22.9 Å². The zero-order valence-corrected chi connectivity index (χ0v) is 16.5. The summed E-state index contributed by atoms with van der Waals surface area (Å²) < 4.78 is 13.6. The Labute approximate surface area is 175 Å². The highest BCUT2D eigenvalue weighted by Gasteiger charge is 2.46. The topological polar surface area (TPSA) is 99.2 Å². The number of hydrogen-bond acceptors (Lipinski definition) is 5. The molecule has 1 amide bonds. The van der Waals surface area contributed by atoms with Gasteiger partial charge >= 0.3 is 0 Å². The summed E-state index contributed by atoms with van der Waals surface area (Å²) in [4.78, 5) is 30.7. The highest BCUT2D eigenvalue weighted by Crippen LogP contribution is 2.43. The summed E-state index contributed by atoms with van der Waals surface area (Å²) in [7, 11) is 0. The maximum absolute atomic E-state index is 13.6. The quantitative estimate of drug-likeness (QED) is 0.535. The van der Waals surface area contributed by atoms with E-state index in [4.69, 9.17) is 0 Å². The van der Waals surface area contributed by atoms with Crippen LogP contribution in [0, 0.1) is 5.82 Å². The number of fused-ring (bicyclic) bond motifs is 2. The van der Waals surface area contributed by atoms with Crippen molar-refractivity contribution in [1.29, 1.82) is 0 Å². The van der Waals surface area contributed by atoms with E-state index in [2.05, 4.69) is 15.2 Å². The molecule has 0 fully saturated rings. The van der Waals surface area contributed by atoms with Gasteiger partial charge in [-0.3, -0.25) is 19.5 Å². The summed E-state index contributed by atoms with van der Waals surface area (Å²) in [6.07, 6.45) is 3.49. The van der Waals surface area contributed by atoms with Gasteiger partial charge in [0, 0.05) is 23.6 Å². The predicted molar refractivity (Wildman–Crippen MR) is 113 cm³/mol. The fraction of sp³-hybridized carbons (Fsp3) is 0.130. The van der Waals surface area contributed by atoms with Crippen LogP contribution in [-0.4, -0.2) is 26.2 Å². The minimum atomic E-state index is -1.63. The van der Waals surface area contributed by atoms with Crippen molar-refractivity contribution < 1.29 is 14.3 Å². The lowest BCUT2D eigenvalue weighted by molar-refractivity contribution is -0.133. The summed E-state index contributed by atoms with van der Waals surface area (Å²) in [5, 5.41) is 18.0. The fourth-order valence-corrected chi connectivity index (χ4v) is 3.99. The number of anilines is 2. The molecule has 0 saturated carbocycles. The van der Waals surface area contributed by atoms with Gasteiger partial charge in [0.15, 0.2) is 5.60 Å². The van der Waals surface area contributed by atoms with Crippen molar-refractivity contribution in [3.63, 3.8) is 0 Å². The third-order valence-corrected chi connectivity index (χ3v) is 5.53. The number of aromatic nitrogens is 3. The van der Waals surface area contributed by atoms with Crippen LogP contribution in [0.5, 0.6) is 0 Å². The number of hydrogen-bond donors (Lipinski definition) is 2. The van der Waals surface area contributed by atoms with E-state index >= 15 is 0 Å². The number of benzene rings is 2. The monoisotopic (exact) mass is 416 g/mol. The van der Waals surface area contributed by atoms with Crippen LogP contribution < -0.4 is 10.5 Å². The van der Waals surface area contributed by atoms with Gasteiger partial charge in [-0.2, -0.15) is 5.10 Å². The molecule has 8 heteroatoms. The molecule has 1 unspecified atom stereocenters. The Bertz CT molecular complexity index is 1410. The smallest absolute Gasteiger partial charge is 0.272 e. The van der Waals surface area contributed by atoms with Crippen molar-refractivity contribution in [2.75, 3.05) is 4.90 Å². The lowest BCUT2D eigenvalue weighted by Crippen LogP contribution is -2.35. The maximum atomic E-state index is 13.6. The molecule has 5 rings (SSSR count). The molecule has 0 radical (unpaired) electrons. The van der Waals surface area contributed by atoms with Crippen LogP contribution in [0.4, 0.5) is 15.8 Å². The molecule has 0 aliphatic carbocycles. The van der Waals surface area contributed by atoms with Crippen LogP contribution in [0.25, 0.3) is 10.8 Å². The molecule has 1 atom stereocenters. The Morgan fingerprint density at radius 2 is 1.90 bits per heavy atom. The number of carbonyl (C=O) groups is 1. The Balaban J connectivity index is 1.56. The van der Waals surface area contributed by atoms with E-state index in [-0.39, 0.29) is 5.39 Å². The molecule has 154 valence electrons. The van der Waals surface area contributed by atoms with Gasteiger partial charge in [0.05, 0.1) is 28.7 Å². The highest BCUT2D eigenvalue weighted by atomic mass is 19.1. The molecule has 31 heavy (non-hydrogen) atoms. The first kappa shape index (κ1) is 19.1. The standard InChI is InChI=1S/C23H17FN4O3/c1-23(31)18-4-2-3-5-20(18)28(22(23)30)15-8-13(11-25-12-15)9-19-16-7-6-14(24)10-17(16)21(29)27-26-19/h2-8,10-12,31H,9H2,1H3,(H,27,29). The van der Waals surface area contributed by atoms with Crippen molar-refractivity contribution in [3.8, 4) is 0 Å². The van der Waals surface area contributed by atoms with Gasteiger partial charge in [-0.25, -0.2) is 9.49 Å². The predicted octanol–water partition coefficient (Wildman–Crippen LogP) is 2.93. The van der Waals surface area contributed by atoms with E-state index in [1.165, 1.54) is 30.0 Å². The number of H-pyrrole nitrogens is 1.